The molecule has 1 aromatic heterocycles. The van der Waals surface area contributed by atoms with E-state index in [0.717, 1.165) is 22.1 Å². The molecule has 0 spiro atoms. The molecule has 0 saturated heterocycles. The summed E-state index contributed by atoms with van der Waals surface area (Å²) in [7, 11) is 0. The summed E-state index contributed by atoms with van der Waals surface area (Å²) in [5.41, 5.74) is 2.96. The first-order valence-electron chi connectivity index (χ1n) is 5.85. The van der Waals surface area contributed by atoms with Gasteiger partial charge in [-0.05, 0) is 12.1 Å². The van der Waals surface area contributed by atoms with Gasteiger partial charge >= 0.3 is 0 Å². The quantitative estimate of drug-likeness (QED) is 0.715. The third kappa shape index (κ3) is 2.78. The molecule has 1 heterocycles. The largest absolute Gasteiger partial charge is 0.330 e. The molecule has 0 fully saturated rings. The van der Waals surface area contributed by atoms with Gasteiger partial charge in [-0.3, -0.25) is 0 Å². The van der Waals surface area contributed by atoms with Crippen molar-refractivity contribution in [2.45, 2.75) is 0 Å². The van der Waals surface area contributed by atoms with Crippen LogP contribution in [0.15, 0.2) is 60.0 Å². The number of rotatable bonds is 3. The molecule has 0 aliphatic rings. The number of aromatic nitrogens is 1. The van der Waals surface area contributed by atoms with Gasteiger partial charge in [0, 0.05) is 10.9 Å². The van der Waals surface area contributed by atoms with Crippen LogP contribution >= 0.6 is 22.9 Å². The molecule has 0 unspecified atom stereocenters. The van der Waals surface area contributed by atoms with Gasteiger partial charge in [-0.1, -0.05) is 54.1 Å². The van der Waals surface area contributed by atoms with Gasteiger partial charge in [0.05, 0.1) is 16.4 Å². The molecule has 4 heteroatoms. The third-order valence-electron chi connectivity index (χ3n) is 2.69. The fourth-order valence-corrected chi connectivity index (χ4v) is 2.67. The Morgan fingerprint density at radius 2 is 1.68 bits per heavy atom. The molecule has 3 rings (SSSR count). The smallest absolute Gasteiger partial charge is 0.187 e. The van der Waals surface area contributed by atoms with Crippen LogP contribution in [0.25, 0.3) is 11.3 Å². The highest BCUT2D eigenvalue weighted by Crippen LogP contribution is 2.29. The standard InChI is InChI=1S/C15H11ClN2S/c16-12-8-4-5-9-13(12)17-15-18-14(10-19-15)11-6-2-1-3-7-11/h1-10H,(H,17,18). The maximum absolute atomic E-state index is 6.11. The van der Waals surface area contributed by atoms with Crippen molar-refractivity contribution >= 4 is 33.8 Å². The second kappa shape index (κ2) is 5.43. The number of nitrogens with one attached hydrogen (secondary N) is 1. The van der Waals surface area contributed by atoms with Crippen molar-refractivity contribution < 1.29 is 0 Å². The molecule has 3 aromatic rings. The molecule has 0 saturated carbocycles. The molecule has 0 aliphatic carbocycles. The maximum atomic E-state index is 6.11. The van der Waals surface area contributed by atoms with Crippen LogP contribution in [-0.2, 0) is 0 Å². The molecule has 94 valence electrons. The summed E-state index contributed by atoms with van der Waals surface area (Å²) in [6.45, 7) is 0. The number of thiazole rings is 1. The zero-order chi connectivity index (χ0) is 13.1. The Labute approximate surface area is 120 Å². The molecule has 19 heavy (non-hydrogen) atoms. The lowest BCUT2D eigenvalue weighted by atomic mass is 10.2. The van der Waals surface area contributed by atoms with E-state index in [1.165, 1.54) is 0 Å². The van der Waals surface area contributed by atoms with E-state index in [2.05, 4.69) is 10.3 Å². The molecular weight excluding hydrogens is 276 g/mol. The fraction of sp³-hybridized carbons (Fsp3) is 0. The average Bonchev–Trinajstić information content (AvgIpc) is 2.91. The first-order valence-corrected chi connectivity index (χ1v) is 7.11. The van der Waals surface area contributed by atoms with E-state index in [1.807, 2.05) is 60.0 Å². The molecule has 0 bridgehead atoms. The van der Waals surface area contributed by atoms with Crippen LogP contribution in [0.2, 0.25) is 5.02 Å². The lowest BCUT2D eigenvalue weighted by Crippen LogP contribution is -1.90. The summed E-state index contributed by atoms with van der Waals surface area (Å²) in [6, 6.07) is 17.8. The van der Waals surface area contributed by atoms with Crippen molar-refractivity contribution in [2.75, 3.05) is 5.32 Å². The Bertz CT molecular complexity index is 679. The Kier molecular flexibility index (Phi) is 3.49. The zero-order valence-electron chi connectivity index (χ0n) is 10.0. The maximum Gasteiger partial charge on any atom is 0.187 e. The van der Waals surface area contributed by atoms with Crippen LogP contribution in [0.5, 0.6) is 0 Å². The number of para-hydroxylation sites is 1. The Morgan fingerprint density at radius 3 is 2.47 bits per heavy atom. The predicted octanol–water partition coefficient (Wildman–Crippen LogP) is 5.21. The van der Waals surface area contributed by atoms with Gasteiger partial charge in [0.15, 0.2) is 5.13 Å². The highest BCUT2D eigenvalue weighted by atomic mass is 35.5. The molecule has 1 N–H and O–H groups in total. The van der Waals surface area contributed by atoms with Crippen molar-refractivity contribution in [3.63, 3.8) is 0 Å². The van der Waals surface area contributed by atoms with Crippen molar-refractivity contribution in [1.29, 1.82) is 0 Å². The lowest BCUT2D eigenvalue weighted by molar-refractivity contribution is 1.38. The molecule has 0 radical (unpaired) electrons. The Morgan fingerprint density at radius 1 is 0.947 bits per heavy atom. The SMILES string of the molecule is Clc1ccccc1Nc1nc(-c2ccccc2)cs1. The first-order chi connectivity index (χ1) is 9.33. The van der Waals surface area contributed by atoms with Gasteiger partial charge in [0.2, 0.25) is 0 Å². The van der Waals surface area contributed by atoms with Gasteiger partial charge in [-0.15, -0.1) is 11.3 Å². The van der Waals surface area contributed by atoms with Gasteiger partial charge in [-0.2, -0.15) is 0 Å². The van der Waals surface area contributed by atoms with Gasteiger partial charge in [0.1, 0.15) is 0 Å². The highest BCUT2D eigenvalue weighted by Gasteiger charge is 2.05. The van der Waals surface area contributed by atoms with E-state index in [0.29, 0.717) is 5.02 Å². The van der Waals surface area contributed by atoms with Gasteiger partial charge in [0.25, 0.3) is 0 Å². The third-order valence-corrected chi connectivity index (χ3v) is 3.78. The second-order valence-corrected chi connectivity index (χ2v) is 5.27. The molecule has 0 atom stereocenters. The van der Waals surface area contributed by atoms with Crippen LogP contribution in [0.3, 0.4) is 0 Å². The minimum absolute atomic E-state index is 0.693. The van der Waals surface area contributed by atoms with Crippen molar-refractivity contribution in [3.05, 3.63) is 65.0 Å². The van der Waals surface area contributed by atoms with Gasteiger partial charge < -0.3 is 5.32 Å². The average molecular weight is 287 g/mol. The first kappa shape index (κ1) is 12.2. The number of anilines is 2. The number of nitrogens with zero attached hydrogens (tertiary/aromatic N) is 1. The molecular formula is C15H11ClN2S. The van der Waals surface area contributed by atoms with E-state index in [1.54, 1.807) is 11.3 Å². The van der Waals surface area contributed by atoms with Crippen molar-refractivity contribution in [2.24, 2.45) is 0 Å². The minimum Gasteiger partial charge on any atom is -0.330 e. The fourth-order valence-electron chi connectivity index (χ4n) is 1.75. The number of halogens is 1. The molecule has 0 amide bonds. The summed E-state index contributed by atoms with van der Waals surface area (Å²) in [4.78, 5) is 4.57. The predicted molar refractivity (Wildman–Crippen MR) is 82.3 cm³/mol. The Balaban J connectivity index is 1.85. The summed E-state index contributed by atoms with van der Waals surface area (Å²) < 4.78 is 0. The lowest BCUT2D eigenvalue weighted by Gasteiger charge is -2.03. The van der Waals surface area contributed by atoms with Crippen molar-refractivity contribution in [1.82, 2.24) is 4.98 Å². The Hall–Kier alpha value is -1.84. The van der Waals surface area contributed by atoms with Crippen molar-refractivity contribution in [3.8, 4) is 11.3 Å². The summed E-state index contributed by atoms with van der Waals surface area (Å²) in [5.74, 6) is 0. The highest BCUT2D eigenvalue weighted by molar-refractivity contribution is 7.14. The monoisotopic (exact) mass is 286 g/mol. The van der Waals surface area contributed by atoms with E-state index in [9.17, 15) is 0 Å². The van der Waals surface area contributed by atoms with Crippen LogP contribution in [0.1, 0.15) is 0 Å². The van der Waals surface area contributed by atoms with Crippen LogP contribution in [-0.4, -0.2) is 4.98 Å². The molecule has 0 aliphatic heterocycles. The summed E-state index contributed by atoms with van der Waals surface area (Å²) >= 11 is 7.68. The van der Waals surface area contributed by atoms with E-state index < -0.39 is 0 Å². The summed E-state index contributed by atoms with van der Waals surface area (Å²) in [6.07, 6.45) is 0. The second-order valence-electron chi connectivity index (χ2n) is 4.01. The van der Waals surface area contributed by atoms with Crippen LogP contribution < -0.4 is 5.32 Å². The number of hydrogen-bond donors (Lipinski definition) is 1. The molecule has 2 nitrogen and oxygen atoms in total. The minimum atomic E-state index is 0.693. The van der Waals surface area contributed by atoms with Gasteiger partial charge in [-0.25, -0.2) is 4.98 Å². The molecule has 2 aromatic carbocycles. The zero-order valence-corrected chi connectivity index (χ0v) is 11.6. The van der Waals surface area contributed by atoms with Crippen LogP contribution in [0.4, 0.5) is 10.8 Å². The normalized spacial score (nSPS) is 10.4. The van der Waals surface area contributed by atoms with E-state index >= 15 is 0 Å². The number of benzene rings is 2. The summed E-state index contributed by atoms with van der Waals surface area (Å²) in [5, 5.41) is 6.81. The number of hydrogen-bond acceptors (Lipinski definition) is 3. The van der Waals surface area contributed by atoms with E-state index in [4.69, 9.17) is 11.6 Å². The van der Waals surface area contributed by atoms with Crippen LogP contribution in [0, 0.1) is 0 Å². The van der Waals surface area contributed by atoms with E-state index in [-0.39, 0.29) is 0 Å². The topological polar surface area (TPSA) is 24.9 Å².